The summed E-state index contributed by atoms with van der Waals surface area (Å²) in [5.41, 5.74) is 2.41. The van der Waals surface area contributed by atoms with E-state index in [1.165, 1.54) is 15.5 Å². The summed E-state index contributed by atoms with van der Waals surface area (Å²) in [6.07, 6.45) is 2.49. The number of hydrogen-bond acceptors (Lipinski definition) is 6. The number of carbonyl (C=O) groups is 1. The van der Waals surface area contributed by atoms with Crippen molar-refractivity contribution in [2.45, 2.75) is 32.9 Å². The van der Waals surface area contributed by atoms with Crippen molar-refractivity contribution in [3.63, 3.8) is 0 Å². The lowest BCUT2D eigenvalue weighted by molar-refractivity contribution is 0.0983. The molecule has 2 atom stereocenters. The van der Waals surface area contributed by atoms with Crippen LogP contribution in [0.2, 0.25) is 0 Å². The van der Waals surface area contributed by atoms with Gasteiger partial charge in [0.05, 0.1) is 17.6 Å². The SMILES string of the molecule is Cc1nc2c(F)cc(-c3ncc4cc(N5C[C@H](C)N(C(=O)O)[C@@H](C)C5)ccc4n3)cn2n1. The van der Waals surface area contributed by atoms with Crippen LogP contribution < -0.4 is 4.90 Å². The molecule has 9 nitrogen and oxygen atoms in total. The number of nitrogens with zero attached hydrogens (tertiary/aromatic N) is 7. The Balaban J connectivity index is 1.46. The maximum absolute atomic E-state index is 14.4. The fourth-order valence-electron chi connectivity index (χ4n) is 4.44. The van der Waals surface area contributed by atoms with Gasteiger partial charge in [0, 0.05) is 42.1 Å². The fraction of sp³-hybridized carbons (Fsp3) is 0.318. The van der Waals surface area contributed by atoms with Gasteiger partial charge < -0.3 is 10.0 Å². The summed E-state index contributed by atoms with van der Waals surface area (Å²) in [5, 5.41) is 14.5. The highest BCUT2D eigenvalue weighted by Crippen LogP contribution is 2.27. The summed E-state index contributed by atoms with van der Waals surface area (Å²) in [5.74, 6) is 0.406. The van der Waals surface area contributed by atoms with E-state index in [9.17, 15) is 14.3 Å². The van der Waals surface area contributed by atoms with Gasteiger partial charge in [0.1, 0.15) is 5.82 Å². The maximum Gasteiger partial charge on any atom is 0.407 e. The molecule has 0 aliphatic carbocycles. The van der Waals surface area contributed by atoms with Crippen molar-refractivity contribution in [1.82, 2.24) is 29.5 Å². The van der Waals surface area contributed by atoms with Crippen LogP contribution in [-0.2, 0) is 0 Å². The highest BCUT2D eigenvalue weighted by molar-refractivity contribution is 5.83. The summed E-state index contributed by atoms with van der Waals surface area (Å²) in [6.45, 7) is 6.76. The molecule has 32 heavy (non-hydrogen) atoms. The van der Waals surface area contributed by atoms with Crippen LogP contribution in [0.1, 0.15) is 19.7 Å². The standard InChI is InChI=1S/C22H22FN7O2/c1-12-9-28(10-13(2)30(12)22(31)32)17-4-5-19-15(6-17)8-24-20(26-19)16-7-18(23)21-25-14(3)27-29(21)11-16/h4-8,11-13H,9-10H2,1-3H3,(H,31,32)/t12-,13-/m0/s1. The second kappa shape index (κ2) is 7.40. The van der Waals surface area contributed by atoms with Gasteiger partial charge in [-0.25, -0.2) is 28.7 Å². The molecule has 0 saturated carbocycles. The van der Waals surface area contributed by atoms with Gasteiger partial charge >= 0.3 is 6.09 Å². The third-order valence-electron chi connectivity index (χ3n) is 5.82. The van der Waals surface area contributed by atoms with E-state index in [1.807, 2.05) is 32.0 Å². The third-order valence-corrected chi connectivity index (χ3v) is 5.82. The highest BCUT2D eigenvalue weighted by atomic mass is 19.1. The van der Waals surface area contributed by atoms with Crippen molar-refractivity contribution >= 4 is 28.3 Å². The Bertz CT molecular complexity index is 1340. The Morgan fingerprint density at radius 1 is 1.16 bits per heavy atom. The van der Waals surface area contributed by atoms with Gasteiger partial charge in [-0.3, -0.25) is 4.90 Å². The van der Waals surface area contributed by atoms with Crippen LogP contribution in [0.5, 0.6) is 0 Å². The number of pyridine rings is 1. The van der Waals surface area contributed by atoms with Crippen molar-refractivity contribution in [2.75, 3.05) is 18.0 Å². The normalized spacial score (nSPS) is 19.1. The largest absolute Gasteiger partial charge is 0.465 e. The van der Waals surface area contributed by atoms with Gasteiger partial charge in [0.15, 0.2) is 17.3 Å². The van der Waals surface area contributed by atoms with Crippen LogP contribution in [0, 0.1) is 12.7 Å². The predicted molar refractivity (Wildman–Crippen MR) is 117 cm³/mol. The lowest BCUT2D eigenvalue weighted by Gasteiger charge is -2.43. The number of benzene rings is 1. The zero-order chi connectivity index (χ0) is 22.6. The molecule has 1 amide bonds. The van der Waals surface area contributed by atoms with Crippen LogP contribution in [-0.4, -0.2) is 65.8 Å². The van der Waals surface area contributed by atoms with E-state index >= 15 is 0 Å². The molecular formula is C22H22FN7O2. The number of halogens is 1. The molecule has 5 rings (SSSR count). The second-order valence-electron chi connectivity index (χ2n) is 8.23. The van der Waals surface area contributed by atoms with E-state index < -0.39 is 11.9 Å². The molecule has 1 N–H and O–H groups in total. The zero-order valence-electron chi connectivity index (χ0n) is 17.9. The smallest absolute Gasteiger partial charge is 0.407 e. The minimum Gasteiger partial charge on any atom is -0.465 e. The first kappa shape index (κ1) is 20.1. The quantitative estimate of drug-likeness (QED) is 0.515. The Morgan fingerprint density at radius 3 is 2.62 bits per heavy atom. The Labute approximate surface area is 183 Å². The van der Waals surface area contributed by atoms with Crippen molar-refractivity contribution in [3.05, 3.63) is 48.3 Å². The highest BCUT2D eigenvalue weighted by Gasteiger charge is 2.32. The zero-order valence-corrected chi connectivity index (χ0v) is 17.9. The van der Waals surface area contributed by atoms with Crippen molar-refractivity contribution < 1.29 is 14.3 Å². The summed E-state index contributed by atoms with van der Waals surface area (Å²) < 4.78 is 15.8. The Hall–Kier alpha value is -3.82. The van der Waals surface area contributed by atoms with Gasteiger partial charge in [-0.2, -0.15) is 5.10 Å². The van der Waals surface area contributed by atoms with Gasteiger partial charge in [-0.05, 0) is 45.0 Å². The number of fused-ring (bicyclic) bond motifs is 2. The van der Waals surface area contributed by atoms with E-state index in [0.717, 1.165) is 16.6 Å². The molecule has 1 aliphatic rings. The molecule has 1 fully saturated rings. The van der Waals surface area contributed by atoms with Gasteiger partial charge in [-0.1, -0.05) is 0 Å². The monoisotopic (exact) mass is 435 g/mol. The molecule has 1 aliphatic heterocycles. The van der Waals surface area contributed by atoms with Crippen LogP contribution in [0.4, 0.5) is 14.9 Å². The van der Waals surface area contributed by atoms with Gasteiger partial charge in [-0.15, -0.1) is 0 Å². The van der Waals surface area contributed by atoms with E-state index in [-0.39, 0.29) is 17.7 Å². The molecule has 0 bridgehead atoms. The topological polar surface area (TPSA) is 99.8 Å². The molecular weight excluding hydrogens is 413 g/mol. The molecule has 0 radical (unpaired) electrons. The van der Waals surface area contributed by atoms with Gasteiger partial charge in [0.2, 0.25) is 0 Å². The number of carboxylic acid groups (broad SMARTS) is 1. The van der Waals surface area contributed by atoms with E-state index in [1.54, 1.807) is 19.3 Å². The predicted octanol–water partition coefficient (Wildman–Crippen LogP) is 3.36. The average molecular weight is 435 g/mol. The number of aromatic nitrogens is 5. The summed E-state index contributed by atoms with van der Waals surface area (Å²) >= 11 is 0. The molecule has 1 aromatic carbocycles. The first-order chi connectivity index (χ1) is 15.3. The number of hydrogen-bond donors (Lipinski definition) is 1. The second-order valence-corrected chi connectivity index (χ2v) is 8.23. The number of aryl methyl sites for hydroxylation is 1. The van der Waals surface area contributed by atoms with E-state index in [4.69, 9.17) is 0 Å². The van der Waals surface area contributed by atoms with Gasteiger partial charge in [0.25, 0.3) is 0 Å². The number of anilines is 1. The van der Waals surface area contributed by atoms with Crippen LogP contribution >= 0.6 is 0 Å². The summed E-state index contributed by atoms with van der Waals surface area (Å²) in [4.78, 5) is 28.3. The van der Waals surface area contributed by atoms with Crippen molar-refractivity contribution in [1.29, 1.82) is 0 Å². The molecule has 164 valence electrons. The summed E-state index contributed by atoms with van der Waals surface area (Å²) in [6, 6.07) is 7.01. The molecule has 0 unspecified atom stereocenters. The first-order valence-electron chi connectivity index (χ1n) is 10.4. The Morgan fingerprint density at radius 2 is 1.91 bits per heavy atom. The van der Waals surface area contributed by atoms with E-state index in [2.05, 4.69) is 25.0 Å². The molecule has 0 spiro atoms. The average Bonchev–Trinajstić information content (AvgIpc) is 3.13. The lowest BCUT2D eigenvalue weighted by Crippen LogP contribution is -2.58. The fourth-order valence-corrected chi connectivity index (χ4v) is 4.44. The molecule has 3 aromatic heterocycles. The van der Waals surface area contributed by atoms with Crippen molar-refractivity contribution in [3.8, 4) is 11.4 Å². The van der Waals surface area contributed by atoms with Crippen LogP contribution in [0.25, 0.3) is 27.9 Å². The molecule has 4 heterocycles. The minimum atomic E-state index is -0.889. The lowest BCUT2D eigenvalue weighted by atomic mass is 10.1. The Kier molecular flexibility index (Phi) is 4.65. The third kappa shape index (κ3) is 3.37. The number of piperazine rings is 1. The first-order valence-corrected chi connectivity index (χ1v) is 10.4. The number of amides is 1. The number of rotatable bonds is 2. The maximum atomic E-state index is 14.4. The van der Waals surface area contributed by atoms with Crippen LogP contribution in [0.15, 0.2) is 36.7 Å². The van der Waals surface area contributed by atoms with Crippen molar-refractivity contribution in [2.24, 2.45) is 0 Å². The van der Waals surface area contributed by atoms with E-state index in [0.29, 0.717) is 30.3 Å². The molecule has 4 aromatic rings. The summed E-state index contributed by atoms with van der Waals surface area (Å²) in [7, 11) is 0. The molecule has 10 heteroatoms. The minimum absolute atomic E-state index is 0.115. The van der Waals surface area contributed by atoms with Crippen LogP contribution in [0.3, 0.4) is 0 Å². The molecule has 1 saturated heterocycles.